The first-order valence-electron chi connectivity index (χ1n) is 9.78. The highest BCUT2D eigenvalue weighted by Gasteiger charge is 2.27. The molecule has 0 unspecified atom stereocenters. The lowest BCUT2D eigenvalue weighted by Crippen LogP contribution is -2.44. The molecule has 30 heavy (non-hydrogen) atoms. The van der Waals surface area contributed by atoms with Crippen molar-refractivity contribution in [3.63, 3.8) is 0 Å². The number of thioether (sulfide) groups is 1. The highest BCUT2D eigenvalue weighted by Crippen LogP contribution is 2.31. The molecule has 1 saturated heterocycles. The summed E-state index contributed by atoms with van der Waals surface area (Å²) in [5, 5.41) is 4.74. The van der Waals surface area contributed by atoms with Crippen LogP contribution < -0.4 is 10.2 Å². The number of para-hydroxylation sites is 1. The Morgan fingerprint density at radius 3 is 2.77 bits per heavy atom. The maximum Gasteiger partial charge on any atom is 0.331 e. The zero-order valence-electron chi connectivity index (χ0n) is 16.6. The van der Waals surface area contributed by atoms with E-state index in [0.29, 0.717) is 5.02 Å². The van der Waals surface area contributed by atoms with Gasteiger partial charge in [0, 0.05) is 46.3 Å². The molecule has 156 valence electrons. The van der Waals surface area contributed by atoms with Gasteiger partial charge in [0.15, 0.2) is 0 Å². The lowest BCUT2D eigenvalue weighted by Gasteiger charge is -2.37. The summed E-state index contributed by atoms with van der Waals surface area (Å²) in [7, 11) is 0. The van der Waals surface area contributed by atoms with Crippen molar-refractivity contribution in [3.05, 3.63) is 59.8 Å². The quantitative estimate of drug-likeness (QED) is 0.374. The smallest absolute Gasteiger partial charge is 0.331 e. The van der Waals surface area contributed by atoms with E-state index in [2.05, 4.69) is 28.0 Å². The van der Waals surface area contributed by atoms with Gasteiger partial charge in [-0.25, -0.2) is 4.79 Å². The summed E-state index contributed by atoms with van der Waals surface area (Å²) < 4.78 is 1.54. The molecule has 3 aromatic rings. The predicted octanol–water partition coefficient (Wildman–Crippen LogP) is 5.96. The van der Waals surface area contributed by atoms with Crippen molar-refractivity contribution < 1.29 is 4.79 Å². The van der Waals surface area contributed by atoms with Crippen LogP contribution in [0.5, 0.6) is 0 Å². The predicted molar refractivity (Wildman–Crippen MR) is 130 cm³/mol. The third kappa shape index (κ3) is 4.48. The molecule has 1 aliphatic heterocycles. The first kappa shape index (κ1) is 21.2. The Kier molecular flexibility index (Phi) is 6.61. The van der Waals surface area contributed by atoms with Crippen LogP contribution in [0, 0.1) is 0 Å². The molecule has 5 nitrogen and oxygen atoms in total. The number of nitrogens with one attached hydrogen (secondary N) is 1. The molecular weight excluding hydrogens is 436 g/mol. The van der Waals surface area contributed by atoms with E-state index in [1.807, 2.05) is 61.0 Å². The number of hydrogen-bond donors (Lipinski definition) is 2. The number of aromatic nitrogens is 1. The summed E-state index contributed by atoms with van der Waals surface area (Å²) in [6.07, 6.45) is 5.51. The van der Waals surface area contributed by atoms with Crippen molar-refractivity contribution in [3.8, 4) is 0 Å². The van der Waals surface area contributed by atoms with Crippen LogP contribution >= 0.6 is 36.2 Å². The van der Waals surface area contributed by atoms with E-state index in [0.717, 1.165) is 53.1 Å². The molecule has 4 rings (SSSR count). The normalized spacial score (nSPS) is 14.7. The third-order valence-electron chi connectivity index (χ3n) is 5.39. The number of fused-ring (bicyclic) bond motifs is 1. The largest absolute Gasteiger partial charge is 0.371 e. The zero-order valence-corrected chi connectivity index (χ0v) is 19.1. The van der Waals surface area contributed by atoms with Gasteiger partial charge in [0.25, 0.3) is 0 Å². The molecule has 0 spiro atoms. The lowest BCUT2D eigenvalue weighted by molar-refractivity contribution is 0.223. The number of piperidine rings is 1. The summed E-state index contributed by atoms with van der Waals surface area (Å²) in [5.74, 6) is 0. The highest BCUT2D eigenvalue weighted by molar-refractivity contribution is 7.98. The minimum atomic E-state index is -0.195. The van der Waals surface area contributed by atoms with Crippen LogP contribution in [0.2, 0.25) is 5.02 Å². The summed E-state index contributed by atoms with van der Waals surface area (Å²) in [6, 6.07) is 15.5. The summed E-state index contributed by atoms with van der Waals surface area (Å²) >= 11 is 12.3. The molecule has 0 saturated carbocycles. The number of thiol groups is 1. The average molecular weight is 459 g/mol. The van der Waals surface area contributed by atoms with E-state index in [4.69, 9.17) is 11.6 Å². The monoisotopic (exact) mass is 458 g/mol. The number of urea groups is 1. The Hall–Kier alpha value is -2.09. The van der Waals surface area contributed by atoms with Gasteiger partial charge in [0.2, 0.25) is 0 Å². The van der Waals surface area contributed by atoms with Crippen LogP contribution in [0.1, 0.15) is 12.8 Å². The van der Waals surface area contributed by atoms with Crippen molar-refractivity contribution in [2.24, 2.45) is 0 Å². The maximum absolute atomic E-state index is 12.7. The van der Waals surface area contributed by atoms with Gasteiger partial charge in [-0.1, -0.05) is 36.5 Å². The van der Waals surface area contributed by atoms with E-state index < -0.39 is 0 Å². The van der Waals surface area contributed by atoms with Gasteiger partial charge in [-0.3, -0.25) is 9.29 Å². The Morgan fingerprint density at radius 2 is 2.00 bits per heavy atom. The van der Waals surface area contributed by atoms with Crippen LogP contribution in [-0.4, -0.2) is 40.7 Å². The molecule has 1 N–H and O–H groups in total. The summed E-state index contributed by atoms with van der Waals surface area (Å²) in [6.45, 7) is 1.67. The van der Waals surface area contributed by atoms with Crippen LogP contribution in [-0.2, 0) is 0 Å². The Balaban J connectivity index is 1.42. The Bertz CT molecular complexity index is 1060. The second-order valence-corrected chi connectivity index (χ2v) is 8.90. The van der Waals surface area contributed by atoms with Gasteiger partial charge in [-0.15, -0.1) is 11.8 Å². The summed E-state index contributed by atoms with van der Waals surface area (Å²) in [4.78, 5) is 20.5. The molecule has 2 heterocycles. The second kappa shape index (κ2) is 9.37. The van der Waals surface area contributed by atoms with Crippen LogP contribution in [0.3, 0.4) is 0 Å². The van der Waals surface area contributed by atoms with Gasteiger partial charge in [-0.2, -0.15) is 0 Å². The minimum Gasteiger partial charge on any atom is -0.371 e. The molecule has 2 amide bonds. The molecular formula is C22H23ClN4OS2. The number of nitrogens with zero attached hydrogens (tertiary/aromatic N) is 3. The molecule has 1 aliphatic rings. The summed E-state index contributed by atoms with van der Waals surface area (Å²) in [5.41, 5.74) is 2.87. The number of hydrogen-bond acceptors (Lipinski definition) is 5. The van der Waals surface area contributed by atoms with Crippen molar-refractivity contribution >= 4 is 64.5 Å². The van der Waals surface area contributed by atoms with Crippen LogP contribution in [0.15, 0.2) is 59.6 Å². The fourth-order valence-corrected chi connectivity index (χ4v) is 4.82. The van der Waals surface area contributed by atoms with Gasteiger partial charge in [0.1, 0.15) is 0 Å². The Morgan fingerprint density at radius 1 is 1.23 bits per heavy atom. The van der Waals surface area contributed by atoms with Crippen molar-refractivity contribution in [1.29, 1.82) is 0 Å². The van der Waals surface area contributed by atoms with Gasteiger partial charge in [0.05, 0.1) is 11.2 Å². The fraction of sp³-hybridized carbons (Fsp3) is 0.273. The van der Waals surface area contributed by atoms with E-state index >= 15 is 0 Å². The molecule has 0 bridgehead atoms. The van der Waals surface area contributed by atoms with Crippen molar-refractivity contribution in [1.82, 2.24) is 9.29 Å². The molecule has 8 heteroatoms. The first-order valence-corrected chi connectivity index (χ1v) is 11.8. The zero-order chi connectivity index (χ0) is 21.1. The number of carbonyl (C=O) groups excluding carboxylic acids is 1. The SMILES string of the molecule is CSc1ccccc1NC(=O)N(S)C1CCN(c2ccnc3ccc(Cl)cc23)CC1. The molecule has 1 fully saturated rings. The van der Waals surface area contributed by atoms with Crippen LogP contribution in [0.4, 0.5) is 16.2 Å². The number of pyridine rings is 1. The van der Waals surface area contributed by atoms with E-state index in [-0.39, 0.29) is 12.1 Å². The average Bonchev–Trinajstić information content (AvgIpc) is 2.78. The van der Waals surface area contributed by atoms with Crippen LogP contribution in [0.25, 0.3) is 10.9 Å². The minimum absolute atomic E-state index is 0.0720. The van der Waals surface area contributed by atoms with Gasteiger partial charge < -0.3 is 10.2 Å². The lowest BCUT2D eigenvalue weighted by atomic mass is 10.0. The third-order valence-corrected chi connectivity index (χ3v) is 6.93. The number of benzene rings is 2. The maximum atomic E-state index is 12.7. The number of carbonyl (C=O) groups is 1. The topological polar surface area (TPSA) is 48.5 Å². The number of amides is 2. The van der Waals surface area contributed by atoms with Crippen molar-refractivity contribution in [2.45, 2.75) is 23.8 Å². The van der Waals surface area contributed by atoms with E-state index in [9.17, 15) is 4.79 Å². The van der Waals surface area contributed by atoms with Crippen molar-refractivity contribution in [2.75, 3.05) is 29.6 Å². The van der Waals surface area contributed by atoms with Gasteiger partial charge in [-0.05, 0) is 55.5 Å². The molecule has 0 aliphatic carbocycles. The molecule has 0 atom stereocenters. The highest BCUT2D eigenvalue weighted by atomic mass is 35.5. The fourth-order valence-electron chi connectivity index (χ4n) is 3.82. The second-order valence-electron chi connectivity index (χ2n) is 7.18. The Labute approximate surface area is 191 Å². The molecule has 1 aromatic heterocycles. The number of rotatable bonds is 4. The molecule has 0 radical (unpaired) electrons. The first-order chi connectivity index (χ1) is 14.6. The standard InChI is InChI=1S/C22H23ClN4OS2/c1-30-21-5-3-2-4-19(21)25-22(28)27(29)16-9-12-26(13-10-16)20-8-11-24-18-7-6-15(23)14-17(18)20/h2-8,11,14,16,29H,9-10,12-13H2,1H3,(H,25,28). The van der Waals surface area contributed by atoms with Gasteiger partial charge >= 0.3 is 6.03 Å². The number of halogens is 1. The number of anilines is 2. The van der Waals surface area contributed by atoms with E-state index in [1.54, 1.807) is 11.8 Å². The molecule has 2 aromatic carbocycles. The van der Waals surface area contributed by atoms with E-state index in [1.165, 1.54) is 4.31 Å².